The minimum Gasteiger partial charge on any atom is -0.465 e. The third-order valence-electron chi connectivity index (χ3n) is 4.33. The lowest BCUT2D eigenvalue weighted by molar-refractivity contribution is 0.0635. The second kappa shape index (κ2) is 5.81. The van der Waals surface area contributed by atoms with Gasteiger partial charge in [0.1, 0.15) is 0 Å². The summed E-state index contributed by atoms with van der Waals surface area (Å²) in [6.45, 7) is 14.6. The highest BCUT2D eigenvalue weighted by molar-refractivity contribution is 6.74. The SMILES string of the molecule is C[C@@H]1CNC[C@@H](NC(=O)O)[C@@H]1O[Si](C)(C)C(C)(C)C. The van der Waals surface area contributed by atoms with E-state index in [1.165, 1.54) is 0 Å². The van der Waals surface area contributed by atoms with E-state index in [9.17, 15) is 4.79 Å². The summed E-state index contributed by atoms with van der Waals surface area (Å²) in [6.07, 6.45) is -1.03. The Kier molecular flexibility index (Phi) is 5.03. The molecule has 112 valence electrons. The first-order chi connectivity index (χ1) is 8.54. The smallest absolute Gasteiger partial charge is 0.405 e. The fraction of sp³-hybridized carbons (Fsp3) is 0.923. The topological polar surface area (TPSA) is 70.6 Å². The molecule has 1 aliphatic rings. The normalized spacial score (nSPS) is 29.1. The van der Waals surface area contributed by atoms with Gasteiger partial charge in [0, 0.05) is 13.1 Å². The summed E-state index contributed by atoms with van der Waals surface area (Å²) in [5.41, 5.74) is 0. The number of amides is 1. The molecular weight excluding hydrogens is 260 g/mol. The fourth-order valence-electron chi connectivity index (χ4n) is 2.10. The van der Waals surface area contributed by atoms with E-state index in [1.54, 1.807) is 0 Å². The number of nitrogens with one attached hydrogen (secondary N) is 2. The quantitative estimate of drug-likeness (QED) is 0.697. The first-order valence-corrected chi connectivity index (χ1v) is 9.83. The minimum atomic E-state index is -1.89. The van der Waals surface area contributed by atoms with Gasteiger partial charge in [0.15, 0.2) is 8.32 Å². The number of hydrogen-bond acceptors (Lipinski definition) is 3. The Balaban J connectivity index is 2.83. The van der Waals surface area contributed by atoms with E-state index in [-0.39, 0.29) is 17.2 Å². The maximum Gasteiger partial charge on any atom is 0.405 e. The second-order valence-electron chi connectivity index (χ2n) is 7.03. The van der Waals surface area contributed by atoms with Crippen LogP contribution in [0.15, 0.2) is 0 Å². The molecule has 0 saturated carbocycles. The Morgan fingerprint density at radius 3 is 2.42 bits per heavy atom. The summed E-state index contributed by atoms with van der Waals surface area (Å²) >= 11 is 0. The van der Waals surface area contributed by atoms with Gasteiger partial charge in [-0.1, -0.05) is 27.7 Å². The van der Waals surface area contributed by atoms with Crippen molar-refractivity contribution in [1.82, 2.24) is 10.6 Å². The Hall–Kier alpha value is -0.593. The first kappa shape index (κ1) is 16.5. The van der Waals surface area contributed by atoms with Crippen LogP contribution in [0.25, 0.3) is 0 Å². The molecule has 0 aromatic heterocycles. The molecule has 1 heterocycles. The Morgan fingerprint density at radius 1 is 1.37 bits per heavy atom. The third-order valence-corrected chi connectivity index (χ3v) is 8.81. The van der Waals surface area contributed by atoms with Gasteiger partial charge >= 0.3 is 6.09 Å². The van der Waals surface area contributed by atoms with Crippen LogP contribution in [0.2, 0.25) is 18.1 Å². The molecule has 1 amide bonds. The summed E-state index contributed by atoms with van der Waals surface area (Å²) in [6, 6.07) is -0.171. The fourth-order valence-corrected chi connectivity index (χ4v) is 3.53. The maximum atomic E-state index is 10.9. The molecule has 3 atom stereocenters. The Labute approximate surface area is 117 Å². The van der Waals surface area contributed by atoms with Gasteiger partial charge < -0.3 is 20.2 Å². The van der Waals surface area contributed by atoms with Crippen LogP contribution >= 0.6 is 0 Å². The first-order valence-electron chi connectivity index (χ1n) is 6.92. The third kappa shape index (κ3) is 4.19. The van der Waals surface area contributed by atoms with Gasteiger partial charge in [0.05, 0.1) is 12.1 Å². The number of piperidine rings is 1. The van der Waals surface area contributed by atoms with Crippen molar-refractivity contribution in [3.05, 3.63) is 0 Å². The van der Waals surface area contributed by atoms with Gasteiger partial charge in [-0.25, -0.2) is 4.79 Å². The summed E-state index contributed by atoms with van der Waals surface area (Å²) in [5, 5.41) is 14.9. The summed E-state index contributed by atoms with van der Waals surface area (Å²) in [4.78, 5) is 10.9. The van der Waals surface area contributed by atoms with Crippen LogP contribution in [0.5, 0.6) is 0 Å². The standard InChI is InChI=1S/C13H28N2O3Si/c1-9-7-14-8-10(15-12(16)17)11(9)18-19(5,6)13(2,3)4/h9-11,14-15H,7-8H2,1-6H3,(H,16,17)/t9-,10-,11-/m1/s1. The molecular formula is C13H28N2O3Si. The molecule has 0 aromatic rings. The second-order valence-corrected chi connectivity index (χ2v) is 11.8. The summed E-state index contributed by atoms with van der Waals surface area (Å²) < 4.78 is 6.44. The zero-order valence-corrected chi connectivity index (χ0v) is 13.9. The molecule has 1 saturated heterocycles. The molecule has 0 spiro atoms. The summed E-state index contributed by atoms with van der Waals surface area (Å²) in [5.74, 6) is 0.305. The molecule has 1 aliphatic heterocycles. The zero-order valence-electron chi connectivity index (χ0n) is 12.9. The van der Waals surface area contributed by atoms with Crippen molar-refractivity contribution >= 4 is 14.4 Å². The number of hydrogen-bond donors (Lipinski definition) is 3. The molecule has 0 radical (unpaired) electrons. The number of carbonyl (C=O) groups is 1. The Bertz CT molecular complexity index is 328. The maximum absolute atomic E-state index is 10.9. The van der Waals surface area contributed by atoms with E-state index in [0.29, 0.717) is 12.5 Å². The van der Waals surface area contributed by atoms with Crippen molar-refractivity contribution in [3.63, 3.8) is 0 Å². The van der Waals surface area contributed by atoms with Crippen LogP contribution in [-0.4, -0.2) is 44.8 Å². The van der Waals surface area contributed by atoms with Gasteiger partial charge in [0.25, 0.3) is 0 Å². The predicted octanol–water partition coefficient (Wildman–Crippen LogP) is 2.25. The van der Waals surface area contributed by atoms with Crippen molar-refractivity contribution in [1.29, 1.82) is 0 Å². The lowest BCUT2D eigenvalue weighted by Gasteiger charge is -2.45. The highest BCUT2D eigenvalue weighted by Crippen LogP contribution is 2.38. The molecule has 0 bridgehead atoms. The van der Waals surface area contributed by atoms with Crippen LogP contribution in [-0.2, 0) is 4.43 Å². The summed E-state index contributed by atoms with van der Waals surface area (Å²) in [7, 11) is -1.89. The largest absolute Gasteiger partial charge is 0.465 e. The van der Waals surface area contributed by atoms with E-state index in [1.807, 2.05) is 0 Å². The molecule has 6 heteroatoms. The van der Waals surface area contributed by atoms with Gasteiger partial charge in [0.2, 0.25) is 0 Å². The molecule has 0 aromatic carbocycles. The van der Waals surface area contributed by atoms with Crippen molar-refractivity contribution in [2.24, 2.45) is 5.92 Å². The monoisotopic (exact) mass is 288 g/mol. The van der Waals surface area contributed by atoms with Gasteiger partial charge in [-0.2, -0.15) is 0 Å². The van der Waals surface area contributed by atoms with Crippen LogP contribution in [0, 0.1) is 5.92 Å². The van der Waals surface area contributed by atoms with Crippen molar-refractivity contribution in [2.75, 3.05) is 13.1 Å². The molecule has 5 nitrogen and oxygen atoms in total. The Morgan fingerprint density at radius 2 is 1.95 bits per heavy atom. The van der Waals surface area contributed by atoms with E-state index in [4.69, 9.17) is 9.53 Å². The van der Waals surface area contributed by atoms with Gasteiger partial charge in [-0.05, 0) is 24.1 Å². The lowest BCUT2D eigenvalue weighted by Crippen LogP contribution is -2.61. The van der Waals surface area contributed by atoms with E-state index in [2.05, 4.69) is 51.4 Å². The van der Waals surface area contributed by atoms with Crippen molar-refractivity contribution in [2.45, 2.75) is 58.0 Å². The van der Waals surface area contributed by atoms with Crippen molar-refractivity contribution < 1.29 is 14.3 Å². The number of rotatable bonds is 3. The average Bonchev–Trinajstić information content (AvgIpc) is 2.20. The average molecular weight is 288 g/mol. The molecule has 0 unspecified atom stereocenters. The zero-order chi connectivity index (χ0) is 14.8. The highest BCUT2D eigenvalue weighted by atomic mass is 28.4. The number of carboxylic acid groups (broad SMARTS) is 1. The van der Waals surface area contributed by atoms with Crippen LogP contribution in [0.4, 0.5) is 4.79 Å². The molecule has 19 heavy (non-hydrogen) atoms. The van der Waals surface area contributed by atoms with Crippen LogP contribution in [0.3, 0.4) is 0 Å². The van der Waals surface area contributed by atoms with E-state index in [0.717, 1.165) is 6.54 Å². The lowest BCUT2D eigenvalue weighted by atomic mass is 9.94. The predicted molar refractivity (Wildman–Crippen MR) is 79.1 cm³/mol. The van der Waals surface area contributed by atoms with E-state index >= 15 is 0 Å². The van der Waals surface area contributed by atoms with Crippen molar-refractivity contribution in [3.8, 4) is 0 Å². The van der Waals surface area contributed by atoms with Crippen LogP contribution in [0.1, 0.15) is 27.7 Å². The molecule has 1 fully saturated rings. The van der Waals surface area contributed by atoms with Crippen LogP contribution < -0.4 is 10.6 Å². The van der Waals surface area contributed by atoms with Gasteiger partial charge in [-0.15, -0.1) is 0 Å². The molecule has 1 rings (SSSR count). The molecule has 0 aliphatic carbocycles. The van der Waals surface area contributed by atoms with E-state index < -0.39 is 14.4 Å². The highest BCUT2D eigenvalue weighted by Gasteiger charge is 2.43. The van der Waals surface area contributed by atoms with Gasteiger partial charge in [-0.3, -0.25) is 0 Å². The minimum absolute atomic E-state index is 0.0433. The molecule has 3 N–H and O–H groups in total.